The fourth-order valence-corrected chi connectivity index (χ4v) is 3.12. The van der Waals surface area contributed by atoms with Crippen molar-refractivity contribution in [2.45, 2.75) is 33.7 Å². The van der Waals surface area contributed by atoms with Gasteiger partial charge in [0.2, 0.25) is 0 Å². The number of urea groups is 1. The summed E-state index contributed by atoms with van der Waals surface area (Å²) < 4.78 is 5.47. The van der Waals surface area contributed by atoms with Gasteiger partial charge in [-0.2, -0.15) is 0 Å². The third-order valence-corrected chi connectivity index (χ3v) is 4.50. The number of likely N-dealkylation sites (tertiary alicyclic amines) is 1. The molecule has 1 saturated heterocycles. The van der Waals surface area contributed by atoms with E-state index in [4.69, 9.17) is 4.42 Å². The molecule has 3 amide bonds. The van der Waals surface area contributed by atoms with E-state index in [2.05, 4.69) is 19.2 Å². The Morgan fingerprint density at radius 3 is 2.43 bits per heavy atom. The number of nitrogens with zero attached hydrogens (tertiary/aromatic N) is 2. The molecule has 2 heterocycles. The van der Waals surface area contributed by atoms with Crippen molar-refractivity contribution in [1.82, 2.24) is 15.1 Å². The van der Waals surface area contributed by atoms with Crippen molar-refractivity contribution in [2.24, 2.45) is 11.8 Å². The highest BCUT2D eigenvalue weighted by molar-refractivity contribution is 5.95. The number of carbonyl (C=O) groups excluding carboxylic acids is 2. The number of rotatable bonds is 3. The van der Waals surface area contributed by atoms with Gasteiger partial charge in [0.1, 0.15) is 11.5 Å². The molecule has 0 saturated carbocycles. The van der Waals surface area contributed by atoms with Crippen LogP contribution in [0.4, 0.5) is 4.79 Å². The summed E-state index contributed by atoms with van der Waals surface area (Å²) in [5, 5.41) is 3.04. The number of aryl methyl sites for hydroxylation is 2. The quantitative estimate of drug-likeness (QED) is 0.928. The summed E-state index contributed by atoms with van der Waals surface area (Å²) in [5.74, 6) is 1.99. The minimum Gasteiger partial charge on any atom is -0.466 e. The number of amides is 3. The predicted octanol–water partition coefficient (Wildman–Crippen LogP) is 2.26. The second-order valence-corrected chi connectivity index (χ2v) is 6.90. The summed E-state index contributed by atoms with van der Waals surface area (Å²) in [6, 6.07) is 1.64. The number of nitrogens with one attached hydrogen (secondary N) is 1. The second-order valence-electron chi connectivity index (χ2n) is 6.90. The molecule has 2 rings (SSSR count). The van der Waals surface area contributed by atoms with E-state index in [0.717, 1.165) is 5.76 Å². The van der Waals surface area contributed by atoms with Gasteiger partial charge in [0.05, 0.1) is 11.6 Å². The van der Waals surface area contributed by atoms with Crippen LogP contribution in [0.5, 0.6) is 0 Å². The molecule has 0 unspecified atom stereocenters. The van der Waals surface area contributed by atoms with Gasteiger partial charge in [-0.25, -0.2) is 4.79 Å². The first-order valence-electron chi connectivity index (χ1n) is 8.04. The van der Waals surface area contributed by atoms with Gasteiger partial charge in [0.15, 0.2) is 0 Å². The normalized spacial score (nSPS) is 20.9. The largest absolute Gasteiger partial charge is 0.466 e. The van der Waals surface area contributed by atoms with Gasteiger partial charge in [-0.15, -0.1) is 0 Å². The van der Waals surface area contributed by atoms with Crippen molar-refractivity contribution < 1.29 is 14.0 Å². The molecule has 23 heavy (non-hydrogen) atoms. The van der Waals surface area contributed by atoms with Crippen LogP contribution in [-0.2, 0) is 0 Å². The zero-order chi connectivity index (χ0) is 17.3. The Kier molecular flexibility index (Phi) is 5.02. The van der Waals surface area contributed by atoms with E-state index >= 15 is 0 Å². The first-order chi connectivity index (χ1) is 10.7. The minimum atomic E-state index is -0.120. The molecule has 1 N–H and O–H groups in total. The Morgan fingerprint density at radius 1 is 1.30 bits per heavy atom. The topological polar surface area (TPSA) is 65.8 Å². The molecule has 128 valence electrons. The Labute approximate surface area is 137 Å². The fourth-order valence-electron chi connectivity index (χ4n) is 3.12. The van der Waals surface area contributed by atoms with Crippen molar-refractivity contribution in [3.63, 3.8) is 0 Å². The number of hydrogen-bond donors (Lipinski definition) is 1. The first kappa shape index (κ1) is 17.4. The molecule has 1 aromatic rings. The van der Waals surface area contributed by atoms with E-state index in [1.165, 1.54) is 4.90 Å². The van der Waals surface area contributed by atoms with E-state index in [1.54, 1.807) is 20.2 Å². The molecular weight excluding hydrogens is 294 g/mol. The molecule has 0 aromatic carbocycles. The molecule has 1 fully saturated rings. The third-order valence-electron chi connectivity index (χ3n) is 4.50. The van der Waals surface area contributed by atoms with Crippen LogP contribution in [0.25, 0.3) is 0 Å². The Bertz CT molecular complexity index is 592. The van der Waals surface area contributed by atoms with Gasteiger partial charge < -0.3 is 19.5 Å². The van der Waals surface area contributed by atoms with Gasteiger partial charge in [0.25, 0.3) is 5.91 Å². The van der Waals surface area contributed by atoms with E-state index in [-0.39, 0.29) is 23.9 Å². The Hall–Kier alpha value is -1.98. The van der Waals surface area contributed by atoms with Crippen molar-refractivity contribution in [2.75, 3.05) is 27.2 Å². The molecule has 0 spiro atoms. The van der Waals surface area contributed by atoms with Gasteiger partial charge >= 0.3 is 6.03 Å². The van der Waals surface area contributed by atoms with E-state index in [0.29, 0.717) is 30.3 Å². The maximum Gasteiger partial charge on any atom is 0.317 e. The number of carbonyl (C=O) groups is 2. The van der Waals surface area contributed by atoms with Gasteiger partial charge in [-0.05, 0) is 25.8 Å². The van der Waals surface area contributed by atoms with Crippen LogP contribution in [0, 0.1) is 25.7 Å². The fraction of sp³-hybridized carbons (Fsp3) is 0.647. The van der Waals surface area contributed by atoms with Crippen LogP contribution in [0.15, 0.2) is 10.5 Å². The van der Waals surface area contributed by atoms with E-state index in [9.17, 15) is 9.59 Å². The van der Waals surface area contributed by atoms with E-state index in [1.807, 2.05) is 18.7 Å². The molecular formula is C17H27N3O3. The van der Waals surface area contributed by atoms with Crippen molar-refractivity contribution in [3.05, 3.63) is 23.2 Å². The highest BCUT2D eigenvalue weighted by Gasteiger charge is 2.38. The van der Waals surface area contributed by atoms with Crippen LogP contribution >= 0.6 is 0 Å². The lowest BCUT2D eigenvalue weighted by Gasteiger charge is -2.24. The van der Waals surface area contributed by atoms with Crippen LogP contribution < -0.4 is 5.32 Å². The summed E-state index contributed by atoms with van der Waals surface area (Å²) in [4.78, 5) is 28.1. The lowest BCUT2D eigenvalue weighted by molar-refractivity contribution is 0.0780. The predicted molar refractivity (Wildman–Crippen MR) is 88.4 cm³/mol. The monoisotopic (exact) mass is 321 g/mol. The molecule has 1 aliphatic heterocycles. The first-order valence-corrected chi connectivity index (χ1v) is 8.04. The Morgan fingerprint density at radius 2 is 1.96 bits per heavy atom. The van der Waals surface area contributed by atoms with Crippen LogP contribution in [0.3, 0.4) is 0 Å². The molecule has 6 nitrogen and oxygen atoms in total. The average Bonchev–Trinajstić information content (AvgIpc) is 3.01. The SMILES string of the molecule is Cc1cc(C(=O)N2C[C@@H](NC(=O)N(C)C)[C@H](C(C)C)C2)c(C)o1. The molecule has 0 bridgehead atoms. The number of hydrogen-bond acceptors (Lipinski definition) is 3. The second kappa shape index (κ2) is 6.64. The highest BCUT2D eigenvalue weighted by atomic mass is 16.3. The number of furan rings is 1. The van der Waals surface area contributed by atoms with Crippen molar-refractivity contribution in [3.8, 4) is 0 Å². The maximum absolute atomic E-state index is 12.8. The molecule has 2 atom stereocenters. The molecule has 6 heteroatoms. The minimum absolute atomic E-state index is 0.0217. The van der Waals surface area contributed by atoms with Gasteiger partial charge in [-0.1, -0.05) is 13.8 Å². The van der Waals surface area contributed by atoms with Crippen LogP contribution in [0.2, 0.25) is 0 Å². The van der Waals surface area contributed by atoms with Gasteiger partial charge in [0, 0.05) is 33.1 Å². The summed E-state index contributed by atoms with van der Waals surface area (Å²) in [6.07, 6.45) is 0. The smallest absolute Gasteiger partial charge is 0.317 e. The Balaban J connectivity index is 2.14. The lowest BCUT2D eigenvalue weighted by atomic mass is 9.91. The third kappa shape index (κ3) is 3.68. The van der Waals surface area contributed by atoms with E-state index < -0.39 is 0 Å². The molecule has 0 radical (unpaired) electrons. The molecule has 0 aliphatic carbocycles. The summed E-state index contributed by atoms with van der Waals surface area (Å²) in [5.41, 5.74) is 0.615. The molecule has 1 aromatic heterocycles. The standard InChI is InChI=1S/C17H27N3O3/c1-10(2)14-8-20(9-15(14)18-17(22)19(5)6)16(21)13-7-11(3)23-12(13)4/h7,10,14-15H,8-9H2,1-6H3,(H,18,22)/t14-,15+/m0/s1. The van der Waals surface area contributed by atoms with Crippen LogP contribution in [0.1, 0.15) is 35.7 Å². The summed E-state index contributed by atoms with van der Waals surface area (Å²) >= 11 is 0. The van der Waals surface area contributed by atoms with Crippen molar-refractivity contribution >= 4 is 11.9 Å². The lowest BCUT2D eigenvalue weighted by Crippen LogP contribution is -2.46. The highest BCUT2D eigenvalue weighted by Crippen LogP contribution is 2.27. The van der Waals surface area contributed by atoms with Crippen molar-refractivity contribution in [1.29, 1.82) is 0 Å². The van der Waals surface area contributed by atoms with Gasteiger partial charge in [-0.3, -0.25) is 4.79 Å². The summed E-state index contributed by atoms with van der Waals surface area (Å²) in [7, 11) is 3.43. The maximum atomic E-state index is 12.8. The zero-order valence-corrected chi connectivity index (χ0v) is 14.8. The summed E-state index contributed by atoms with van der Waals surface area (Å²) in [6.45, 7) is 9.08. The average molecular weight is 321 g/mol. The van der Waals surface area contributed by atoms with Crippen LogP contribution in [-0.4, -0.2) is 55.0 Å². The zero-order valence-electron chi connectivity index (χ0n) is 14.8. The molecule has 1 aliphatic rings.